The van der Waals surface area contributed by atoms with Crippen LogP contribution in [0, 0.1) is 0 Å². The van der Waals surface area contributed by atoms with Gasteiger partial charge in [-0.15, -0.1) is 0 Å². The van der Waals surface area contributed by atoms with Gasteiger partial charge in [0.1, 0.15) is 0 Å². The van der Waals surface area contributed by atoms with Crippen molar-refractivity contribution in [3.63, 3.8) is 0 Å². The van der Waals surface area contributed by atoms with E-state index in [0.29, 0.717) is 25.9 Å². The predicted molar refractivity (Wildman–Crippen MR) is 78.8 cm³/mol. The van der Waals surface area contributed by atoms with E-state index in [9.17, 15) is 9.59 Å². The minimum absolute atomic E-state index is 0.0231. The van der Waals surface area contributed by atoms with E-state index in [0.717, 1.165) is 5.56 Å². The summed E-state index contributed by atoms with van der Waals surface area (Å²) in [5, 5.41) is 5.52. The lowest BCUT2D eigenvalue weighted by Gasteiger charge is -2.08. The molecule has 1 rings (SSSR count). The van der Waals surface area contributed by atoms with Crippen molar-refractivity contribution in [2.75, 3.05) is 6.54 Å². The van der Waals surface area contributed by atoms with E-state index in [1.165, 1.54) is 0 Å². The standard InChI is InChI=1S/C15H23N3O2/c1-12(16)7-8-14(19)17-10-9-15(20)18-11-13-5-3-2-4-6-13/h2-6,12H,7-11,16H2,1H3,(H,17,19)(H,18,20). The van der Waals surface area contributed by atoms with Gasteiger partial charge in [0.15, 0.2) is 0 Å². The molecule has 1 atom stereocenters. The Labute approximate surface area is 119 Å². The SMILES string of the molecule is CC(N)CCC(=O)NCCC(=O)NCc1ccccc1. The summed E-state index contributed by atoms with van der Waals surface area (Å²) in [7, 11) is 0. The third-order valence-electron chi connectivity index (χ3n) is 2.83. The number of benzene rings is 1. The van der Waals surface area contributed by atoms with Gasteiger partial charge in [-0.1, -0.05) is 30.3 Å². The van der Waals surface area contributed by atoms with Gasteiger partial charge >= 0.3 is 0 Å². The Morgan fingerprint density at radius 3 is 2.40 bits per heavy atom. The van der Waals surface area contributed by atoms with E-state index < -0.39 is 0 Å². The van der Waals surface area contributed by atoms with E-state index in [1.54, 1.807) is 0 Å². The molecule has 110 valence electrons. The van der Waals surface area contributed by atoms with Crippen LogP contribution in [0.15, 0.2) is 30.3 Å². The molecule has 4 N–H and O–H groups in total. The fraction of sp³-hybridized carbons (Fsp3) is 0.467. The van der Waals surface area contributed by atoms with Crippen LogP contribution in [-0.2, 0) is 16.1 Å². The van der Waals surface area contributed by atoms with Crippen molar-refractivity contribution >= 4 is 11.8 Å². The molecule has 20 heavy (non-hydrogen) atoms. The highest BCUT2D eigenvalue weighted by atomic mass is 16.2. The molecule has 1 unspecified atom stereocenters. The Balaban J connectivity index is 2.10. The average Bonchev–Trinajstić information content (AvgIpc) is 2.44. The zero-order valence-corrected chi connectivity index (χ0v) is 11.9. The summed E-state index contributed by atoms with van der Waals surface area (Å²) < 4.78 is 0. The van der Waals surface area contributed by atoms with Gasteiger partial charge in [0.2, 0.25) is 11.8 Å². The van der Waals surface area contributed by atoms with E-state index in [1.807, 2.05) is 37.3 Å². The van der Waals surface area contributed by atoms with Crippen LogP contribution in [0.3, 0.4) is 0 Å². The molecule has 0 aromatic heterocycles. The number of rotatable bonds is 8. The average molecular weight is 277 g/mol. The number of amides is 2. The molecule has 0 saturated heterocycles. The number of carbonyl (C=O) groups is 2. The minimum atomic E-state index is -0.0682. The van der Waals surface area contributed by atoms with Gasteiger partial charge in [0.25, 0.3) is 0 Å². The zero-order valence-electron chi connectivity index (χ0n) is 11.9. The Bertz CT molecular complexity index is 418. The highest BCUT2D eigenvalue weighted by molar-refractivity contribution is 5.78. The minimum Gasteiger partial charge on any atom is -0.356 e. The number of hydrogen-bond donors (Lipinski definition) is 3. The van der Waals surface area contributed by atoms with Gasteiger partial charge in [-0.2, -0.15) is 0 Å². The van der Waals surface area contributed by atoms with Crippen LogP contribution in [0.5, 0.6) is 0 Å². The van der Waals surface area contributed by atoms with Crippen molar-refractivity contribution < 1.29 is 9.59 Å². The molecule has 5 nitrogen and oxygen atoms in total. The molecular formula is C15H23N3O2. The Morgan fingerprint density at radius 2 is 1.75 bits per heavy atom. The van der Waals surface area contributed by atoms with E-state index >= 15 is 0 Å². The normalized spacial score (nSPS) is 11.7. The van der Waals surface area contributed by atoms with Gasteiger partial charge < -0.3 is 16.4 Å². The second kappa shape index (κ2) is 9.09. The summed E-state index contributed by atoms with van der Waals surface area (Å²) in [5.41, 5.74) is 6.63. The highest BCUT2D eigenvalue weighted by Crippen LogP contribution is 1.97. The molecule has 0 heterocycles. The number of nitrogens with two attached hydrogens (primary N) is 1. The maximum absolute atomic E-state index is 11.6. The molecule has 0 bridgehead atoms. The first-order valence-corrected chi connectivity index (χ1v) is 6.91. The monoisotopic (exact) mass is 277 g/mol. The van der Waals surface area contributed by atoms with Gasteiger partial charge in [-0.05, 0) is 18.9 Å². The van der Waals surface area contributed by atoms with Crippen LogP contribution in [0.2, 0.25) is 0 Å². The zero-order chi connectivity index (χ0) is 14.8. The molecule has 1 aromatic carbocycles. The topological polar surface area (TPSA) is 84.2 Å². The number of nitrogens with one attached hydrogen (secondary N) is 2. The van der Waals surface area contributed by atoms with Gasteiger partial charge in [0.05, 0.1) is 0 Å². The first-order valence-electron chi connectivity index (χ1n) is 6.91. The maximum atomic E-state index is 11.6. The first kappa shape index (κ1) is 16.2. The van der Waals surface area contributed by atoms with Gasteiger partial charge in [0, 0.05) is 32.0 Å². The second-order valence-electron chi connectivity index (χ2n) is 4.88. The molecule has 0 spiro atoms. The fourth-order valence-electron chi connectivity index (χ4n) is 1.65. The van der Waals surface area contributed by atoms with Crippen LogP contribution in [0.1, 0.15) is 31.7 Å². The smallest absolute Gasteiger partial charge is 0.222 e. The van der Waals surface area contributed by atoms with Crippen LogP contribution in [0.4, 0.5) is 0 Å². The fourth-order valence-corrected chi connectivity index (χ4v) is 1.65. The third kappa shape index (κ3) is 7.53. The van der Waals surface area contributed by atoms with Crippen molar-refractivity contribution in [1.82, 2.24) is 10.6 Å². The lowest BCUT2D eigenvalue weighted by molar-refractivity contribution is -0.122. The van der Waals surface area contributed by atoms with Crippen LogP contribution in [-0.4, -0.2) is 24.4 Å². The molecule has 5 heteroatoms. The van der Waals surface area contributed by atoms with Gasteiger partial charge in [-0.25, -0.2) is 0 Å². The summed E-state index contributed by atoms with van der Waals surface area (Å²) in [4.78, 5) is 23.0. The van der Waals surface area contributed by atoms with Crippen molar-refractivity contribution in [2.45, 2.75) is 38.8 Å². The third-order valence-corrected chi connectivity index (χ3v) is 2.83. The molecule has 0 aliphatic rings. The molecule has 0 aliphatic heterocycles. The second-order valence-corrected chi connectivity index (χ2v) is 4.88. The van der Waals surface area contributed by atoms with Crippen LogP contribution < -0.4 is 16.4 Å². The summed E-state index contributed by atoms with van der Waals surface area (Å²) in [6, 6.07) is 9.73. The molecule has 0 saturated carbocycles. The Hall–Kier alpha value is -1.88. The molecule has 2 amide bonds. The van der Waals surface area contributed by atoms with Crippen LogP contribution >= 0.6 is 0 Å². The highest BCUT2D eigenvalue weighted by Gasteiger charge is 2.05. The summed E-state index contributed by atoms with van der Waals surface area (Å²) >= 11 is 0. The molecular weight excluding hydrogens is 254 g/mol. The van der Waals surface area contributed by atoms with Gasteiger partial charge in [-0.3, -0.25) is 9.59 Å². The van der Waals surface area contributed by atoms with Crippen molar-refractivity contribution in [3.05, 3.63) is 35.9 Å². The molecule has 1 aromatic rings. The first-order chi connectivity index (χ1) is 9.58. The number of hydrogen-bond acceptors (Lipinski definition) is 3. The van der Waals surface area contributed by atoms with Crippen LogP contribution in [0.25, 0.3) is 0 Å². The molecule has 0 radical (unpaired) electrons. The quantitative estimate of drug-likeness (QED) is 0.661. The van der Waals surface area contributed by atoms with E-state index in [4.69, 9.17) is 5.73 Å². The predicted octanol–water partition coefficient (Wildman–Crippen LogP) is 0.937. The Morgan fingerprint density at radius 1 is 1.10 bits per heavy atom. The van der Waals surface area contributed by atoms with E-state index in [2.05, 4.69) is 10.6 Å². The Kier molecular flexibility index (Phi) is 7.35. The van der Waals surface area contributed by atoms with E-state index in [-0.39, 0.29) is 24.3 Å². The maximum Gasteiger partial charge on any atom is 0.222 e. The van der Waals surface area contributed by atoms with Crippen molar-refractivity contribution in [3.8, 4) is 0 Å². The summed E-state index contributed by atoms with van der Waals surface area (Å²) in [6.45, 7) is 2.74. The lowest BCUT2D eigenvalue weighted by atomic mass is 10.2. The lowest BCUT2D eigenvalue weighted by Crippen LogP contribution is -2.31. The molecule has 0 fully saturated rings. The summed E-state index contributed by atoms with van der Waals surface area (Å²) in [6.07, 6.45) is 1.35. The number of carbonyl (C=O) groups excluding carboxylic acids is 2. The molecule has 0 aliphatic carbocycles. The largest absolute Gasteiger partial charge is 0.356 e. The summed E-state index contributed by atoms with van der Waals surface area (Å²) in [5.74, 6) is -0.125. The van der Waals surface area contributed by atoms with Crippen molar-refractivity contribution in [1.29, 1.82) is 0 Å². The van der Waals surface area contributed by atoms with Crippen molar-refractivity contribution in [2.24, 2.45) is 5.73 Å².